The van der Waals surface area contributed by atoms with Crippen LogP contribution in [0.2, 0.25) is 0 Å². The lowest BCUT2D eigenvalue weighted by Crippen LogP contribution is -2.29. The van der Waals surface area contributed by atoms with E-state index in [2.05, 4.69) is 15.2 Å². The molecule has 0 aliphatic rings. The number of halogens is 1. The van der Waals surface area contributed by atoms with Crippen LogP contribution in [0.1, 0.15) is 17.5 Å². The van der Waals surface area contributed by atoms with Crippen LogP contribution >= 0.6 is 0 Å². The van der Waals surface area contributed by atoms with Crippen molar-refractivity contribution < 1.29 is 9.18 Å². The van der Waals surface area contributed by atoms with Gasteiger partial charge in [0.2, 0.25) is 5.91 Å². The van der Waals surface area contributed by atoms with Gasteiger partial charge in [-0.3, -0.25) is 9.78 Å². The van der Waals surface area contributed by atoms with Crippen molar-refractivity contribution in [1.29, 1.82) is 0 Å². The zero-order valence-electron chi connectivity index (χ0n) is 13.3. The molecule has 0 aliphatic carbocycles. The van der Waals surface area contributed by atoms with E-state index in [9.17, 15) is 9.18 Å². The summed E-state index contributed by atoms with van der Waals surface area (Å²) in [4.78, 5) is 18.0. The van der Waals surface area contributed by atoms with Gasteiger partial charge >= 0.3 is 0 Å². The third-order valence-corrected chi connectivity index (χ3v) is 3.66. The van der Waals surface area contributed by atoms with E-state index < -0.39 is 0 Å². The van der Waals surface area contributed by atoms with Crippen LogP contribution in [0.4, 0.5) is 4.39 Å². The first kappa shape index (κ1) is 17.1. The minimum atomic E-state index is -0.268. The maximum absolute atomic E-state index is 12.8. The Bertz CT molecular complexity index is 601. The summed E-state index contributed by atoms with van der Waals surface area (Å²) in [6.07, 6.45) is 4.97. The van der Waals surface area contributed by atoms with Crippen molar-refractivity contribution in [3.05, 3.63) is 65.7 Å². The lowest BCUT2D eigenvalue weighted by Gasteiger charge is -2.16. The van der Waals surface area contributed by atoms with Gasteiger partial charge in [0.05, 0.1) is 0 Å². The molecule has 5 heteroatoms. The zero-order valence-corrected chi connectivity index (χ0v) is 13.3. The van der Waals surface area contributed by atoms with Gasteiger partial charge in [-0.15, -0.1) is 0 Å². The van der Waals surface area contributed by atoms with Gasteiger partial charge in [0, 0.05) is 38.4 Å². The van der Waals surface area contributed by atoms with Crippen molar-refractivity contribution in [1.82, 2.24) is 15.2 Å². The van der Waals surface area contributed by atoms with Crippen LogP contribution in [0.25, 0.3) is 0 Å². The van der Waals surface area contributed by atoms with Crippen molar-refractivity contribution >= 4 is 5.91 Å². The van der Waals surface area contributed by atoms with Crippen LogP contribution in [0, 0.1) is 5.82 Å². The summed E-state index contributed by atoms with van der Waals surface area (Å²) in [7, 11) is 2.01. The molecule has 1 heterocycles. The van der Waals surface area contributed by atoms with Crippen LogP contribution in [-0.4, -0.2) is 35.9 Å². The average Bonchev–Trinajstić information content (AvgIpc) is 2.58. The molecule has 0 radical (unpaired) electrons. The van der Waals surface area contributed by atoms with E-state index in [1.165, 1.54) is 17.7 Å². The van der Waals surface area contributed by atoms with Gasteiger partial charge in [0.25, 0.3) is 0 Å². The molecule has 4 nitrogen and oxygen atoms in total. The number of hydrogen-bond donors (Lipinski definition) is 1. The summed E-state index contributed by atoms with van der Waals surface area (Å²) < 4.78 is 12.8. The van der Waals surface area contributed by atoms with E-state index in [-0.39, 0.29) is 11.7 Å². The molecule has 2 rings (SSSR count). The monoisotopic (exact) mass is 315 g/mol. The maximum atomic E-state index is 12.8. The number of benzene rings is 1. The summed E-state index contributed by atoms with van der Waals surface area (Å²) in [5, 5.41) is 2.85. The number of aromatic nitrogens is 1. The molecule has 1 N–H and O–H groups in total. The van der Waals surface area contributed by atoms with E-state index >= 15 is 0 Å². The standard InChI is InChI=1S/C18H22FN3O/c1-22(12-8-15-6-10-20-11-7-15)13-9-18(23)21-14-16-2-4-17(19)5-3-16/h2-7,10-11H,8-9,12-14H2,1H3,(H,21,23). The molecule has 0 atom stereocenters. The second kappa shape index (κ2) is 9.00. The van der Waals surface area contributed by atoms with Crippen molar-refractivity contribution in [3.8, 4) is 0 Å². The Hall–Kier alpha value is -2.27. The van der Waals surface area contributed by atoms with Gasteiger partial charge in [-0.05, 0) is 48.9 Å². The molecule has 0 aliphatic heterocycles. The second-order valence-electron chi connectivity index (χ2n) is 5.56. The number of nitrogens with zero attached hydrogens (tertiary/aromatic N) is 2. The van der Waals surface area contributed by atoms with E-state index in [1.54, 1.807) is 24.5 Å². The fraction of sp³-hybridized carbons (Fsp3) is 0.333. The molecule has 1 aromatic carbocycles. The molecule has 1 aromatic heterocycles. The fourth-order valence-electron chi connectivity index (χ4n) is 2.16. The predicted octanol–water partition coefficient (Wildman–Crippen LogP) is 2.40. The number of likely N-dealkylation sites (N-methyl/N-ethyl adjacent to an activating group) is 1. The highest BCUT2D eigenvalue weighted by atomic mass is 19.1. The summed E-state index contributed by atoms with van der Waals surface area (Å²) >= 11 is 0. The maximum Gasteiger partial charge on any atom is 0.221 e. The Labute approximate surface area is 136 Å². The minimum absolute atomic E-state index is 0.00471. The third-order valence-electron chi connectivity index (χ3n) is 3.66. The number of amides is 1. The first-order valence-electron chi connectivity index (χ1n) is 7.72. The van der Waals surface area contributed by atoms with Gasteiger partial charge in [0.1, 0.15) is 5.82 Å². The highest BCUT2D eigenvalue weighted by Gasteiger charge is 2.05. The van der Waals surface area contributed by atoms with Gasteiger partial charge in [0.15, 0.2) is 0 Å². The highest BCUT2D eigenvalue weighted by Crippen LogP contribution is 2.02. The molecule has 0 saturated heterocycles. The van der Waals surface area contributed by atoms with E-state index in [1.807, 2.05) is 19.2 Å². The van der Waals surface area contributed by atoms with Crippen molar-refractivity contribution in [3.63, 3.8) is 0 Å². The molecule has 0 fully saturated rings. The average molecular weight is 315 g/mol. The Morgan fingerprint density at radius 2 is 1.78 bits per heavy atom. The minimum Gasteiger partial charge on any atom is -0.352 e. The smallest absolute Gasteiger partial charge is 0.221 e. The van der Waals surface area contributed by atoms with E-state index in [0.717, 1.165) is 18.5 Å². The molecule has 2 aromatic rings. The molecular formula is C18H22FN3O. The summed E-state index contributed by atoms with van der Waals surface area (Å²) in [6.45, 7) is 2.04. The zero-order chi connectivity index (χ0) is 16.5. The summed E-state index contributed by atoms with van der Waals surface area (Å²) in [6, 6.07) is 10.2. The van der Waals surface area contributed by atoms with E-state index in [0.29, 0.717) is 19.5 Å². The van der Waals surface area contributed by atoms with Gasteiger partial charge in [-0.2, -0.15) is 0 Å². The van der Waals surface area contributed by atoms with E-state index in [4.69, 9.17) is 0 Å². The number of carbonyl (C=O) groups excluding carboxylic acids is 1. The molecule has 0 saturated carbocycles. The molecule has 122 valence electrons. The largest absolute Gasteiger partial charge is 0.352 e. The number of carbonyl (C=O) groups is 1. The van der Waals surface area contributed by atoms with Crippen molar-refractivity contribution in [2.45, 2.75) is 19.4 Å². The van der Waals surface area contributed by atoms with Crippen molar-refractivity contribution in [2.75, 3.05) is 20.1 Å². The molecule has 1 amide bonds. The first-order chi connectivity index (χ1) is 11.1. The normalized spacial score (nSPS) is 10.7. The van der Waals surface area contributed by atoms with Gasteiger partial charge in [-0.1, -0.05) is 12.1 Å². The van der Waals surface area contributed by atoms with Crippen LogP contribution in [0.5, 0.6) is 0 Å². The van der Waals surface area contributed by atoms with Gasteiger partial charge < -0.3 is 10.2 Å². The molecule has 0 unspecified atom stereocenters. The number of hydrogen-bond acceptors (Lipinski definition) is 3. The van der Waals surface area contributed by atoms with Crippen molar-refractivity contribution in [2.24, 2.45) is 0 Å². The number of pyridine rings is 1. The lowest BCUT2D eigenvalue weighted by atomic mass is 10.2. The second-order valence-corrected chi connectivity index (χ2v) is 5.56. The number of nitrogens with one attached hydrogen (secondary N) is 1. The fourth-order valence-corrected chi connectivity index (χ4v) is 2.16. The van der Waals surface area contributed by atoms with Crippen LogP contribution in [0.15, 0.2) is 48.8 Å². The van der Waals surface area contributed by atoms with Crippen LogP contribution < -0.4 is 5.32 Å². The lowest BCUT2D eigenvalue weighted by molar-refractivity contribution is -0.121. The highest BCUT2D eigenvalue weighted by molar-refractivity contribution is 5.76. The third kappa shape index (κ3) is 6.57. The summed E-state index contributed by atoms with van der Waals surface area (Å²) in [5.41, 5.74) is 2.14. The predicted molar refractivity (Wildman–Crippen MR) is 88.3 cm³/mol. The number of rotatable bonds is 8. The summed E-state index contributed by atoms with van der Waals surface area (Å²) in [5.74, 6) is -0.263. The molecule has 23 heavy (non-hydrogen) atoms. The Balaban J connectivity index is 1.62. The Morgan fingerprint density at radius 1 is 1.09 bits per heavy atom. The first-order valence-corrected chi connectivity index (χ1v) is 7.72. The molecule has 0 bridgehead atoms. The molecule has 0 spiro atoms. The topological polar surface area (TPSA) is 45.2 Å². The van der Waals surface area contributed by atoms with Crippen LogP contribution in [-0.2, 0) is 17.8 Å². The van der Waals surface area contributed by atoms with Gasteiger partial charge in [-0.25, -0.2) is 4.39 Å². The Morgan fingerprint density at radius 3 is 2.48 bits per heavy atom. The SMILES string of the molecule is CN(CCC(=O)NCc1ccc(F)cc1)CCc1ccncc1. The van der Waals surface area contributed by atoms with Crippen LogP contribution in [0.3, 0.4) is 0 Å². The molecular weight excluding hydrogens is 293 g/mol. The Kier molecular flexibility index (Phi) is 6.69. The quantitative estimate of drug-likeness (QED) is 0.813.